The summed E-state index contributed by atoms with van der Waals surface area (Å²) in [6.45, 7) is 4.40. The monoisotopic (exact) mass is 1070 g/mol. The molecule has 0 aliphatic rings. The van der Waals surface area contributed by atoms with Crippen molar-refractivity contribution in [2.24, 2.45) is 0 Å². The molecule has 0 aliphatic carbocycles. The molecule has 0 aromatic heterocycles. The number of para-hydroxylation sites is 2. The molecule has 0 atom stereocenters. The molecule has 15 aromatic rings. The summed E-state index contributed by atoms with van der Waals surface area (Å²) in [5.74, 6) is 0. The molecule has 0 saturated carbocycles. The highest BCUT2D eigenvalue weighted by molar-refractivity contribution is 6.25. The number of rotatable bonds is 12. The van der Waals surface area contributed by atoms with Gasteiger partial charge < -0.3 is 19.6 Å². The van der Waals surface area contributed by atoms with Crippen molar-refractivity contribution in [3.63, 3.8) is 0 Å². The summed E-state index contributed by atoms with van der Waals surface area (Å²) < 4.78 is 0. The first-order valence-corrected chi connectivity index (χ1v) is 28.9. The van der Waals surface area contributed by atoms with Gasteiger partial charge in [0.2, 0.25) is 0 Å². The second kappa shape index (κ2) is 21.2. The lowest BCUT2D eigenvalue weighted by Crippen LogP contribution is -2.16. The van der Waals surface area contributed by atoms with Crippen LogP contribution in [-0.4, -0.2) is 0 Å². The van der Waals surface area contributed by atoms with Crippen LogP contribution in [0.2, 0.25) is 0 Å². The van der Waals surface area contributed by atoms with Gasteiger partial charge in [-0.2, -0.15) is 0 Å². The highest BCUT2D eigenvalue weighted by atomic mass is 15.2. The van der Waals surface area contributed by atoms with Crippen LogP contribution in [0, 0.1) is 13.8 Å². The zero-order valence-electron chi connectivity index (χ0n) is 46.8. The number of nitrogens with zero attached hydrogens (tertiary/aromatic N) is 4. The van der Waals surface area contributed by atoms with E-state index in [4.69, 9.17) is 0 Å². The number of fused-ring (bicyclic) bond motifs is 6. The topological polar surface area (TPSA) is 13.0 Å². The summed E-state index contributed by atoms with van der Waals surface area (Å²) in [5.41, 5.74) is 15.6. The second-order valence-electron chi connectivity index (χ2n) is 21.7. The fourth-order valence-electron chi connectivity index (χ4n) is 12.9. The van der Waals surface area contributed by atoms with Gasteiger partial charge in [-0.3, -0.25) is 0 Å². The van der Waals surface area contributed by atoms with E-state index in [1.165, 1.54) is 54.2 Å². The average molecular weight is 1080 g/mol. The van der Waals surface area contributed by atoms with E-state index in [0.29, 0.717) is 0 Å². The average Bonchev–Trinajstić information content (AvgIpc) is 1.09. The van der Waals surface area contributed by atoms with Crippen LogP contribution in [0.5, 0.6) is 0 Å². The van der Waals surface area contributed by atoms with Gasteiger partial charge in [0.15, 0.2) is 0 Å². The SMILES string of the molecule is Cc1ccccc1N(c1ccc(N(c2cccc3ccccc23)c2c3ccccc3c(N(c3ccc(N(c4ccccc4C)c4cccc5ccccc45)cc3)c3cccc4ccccc34)c3ccccc23)cc1)c1cccc2ccccc12. The van der Waals surface area contributed by atoms with Gasteiger partial charge in [-0.15, -0.1) is 0 Å². The Bertz CT molecular complexity index is 4580. The molecule has 0 heterocycles. The van der Waals surface area contributed by atoms with Crippen LogP contribution in [0.25, 0.3) is 64.6 Å². The maximum absolute atomic E-state index is 2.51. The molecule has 0 radical (unpaired) electrons. The van der Waals surface area contributed by atoms with E-state index in [9.17, 15) is 0 Å². The minimum atomic E-state index is 1.05. The largest absolute Gasteiger partial charge is 0.310 e. The molecule has 0 unspecified atom stereocenters. The Morgan fingerprint density at radius 3 is 0.655 bits per heavy atom. The van der Waals surface area contributed by atoms with Crippen LogP contribution in [0.4, 0.5) is 68.2 Å². The molecular formula is C80H58N4. The molecule has 15 rings (SSSR count). The molecule has 15 aromatic carbocycles. The second-order valence-corrected chi connectivity index (χ2v) is 21.7. The summed E-state index contributed by atoms with van der Waals surface area (Å²) in [6.07, 6.45) is 0. The van der Waals surface area contributed by atoms with E-state index in [1.807, 2.05) is 0 Å². The summed E-state index contributed by atoms with van der Waals surface area (Å²) in [6, 6.07) is 115. The van der Waals surface area contributed by atoms with E-state index in [1.54, 1.807) is 0 Å². The first-order chi connectivity index (χ1) is 41.6. The van der Waals surface area contributed by atoms with Crippen molar-refractivity contribution in [1.29, 1.82) is 0 Å². The maximum Gasteiger partial charge on any atom is 0.0620 e. The lowest BCUT2D eigenvalue weighted by atomic mass is 9.94. The lowest BCUT2D eigenvalue weighted by molar-refractivity contribution is 1.25. The number of anilines is 12. The first kappa shape index (κ1) is 50.1. The summed E-state index contributed by atoms with van der Waals surface area (Å²) in [4.78, 5) is 9.87. The fourth-order valence-corrected chi connectivity index (χ4v) is 12.9. The van der Waals surface area contributed by atoms with E-state index < -0.39 is 0 Å². The lowest BCUT2D eigenvalue weighted by Gasteiger charge is -2.34. The van der Waals surface area contributed by atoms with Crippen molar-refractivity contribution < 1.29 is 0 Å². The number of aryl methyl sites for hydroxylation is 2. The molecule has 0 aliphatic heterocycles. The molecule has 0 fully saturated rings. The van der Waals surface area contributed by atoms with Crippen molar-refractivity contribution in [3.8, 4) is 0 Å². The third-order valence-electron chi connectivity index (χ3n) is 16.8. The molecule has 0 amide bonds. The summed E-state index contributed by atoms with van der Waals surface area (Å²) in [7, 11) is 0. The van der Waals surface area contributed by atoms with Gasteiger partial charge in [-0.1, -0.05) is 231 Å². The van der Waals surface area contributed by atoms with Crippen LogP contribution < -0.4 is 19.6 Å². The Morgan fingerprint density at radius 2 is 0.369 bits per heavy atom. The Morgan fingerprint density at radius 1 is 0.167 bits per heavy atom. The highest BCUT2D eigenvalue weighted by Gasteiger charge is 2.28. The van der Waals surface area contributed by atoms with Crippen LogP contribution >= 0.6 is 0 Å². The molecule has 0 spiro atoms. The highest BCUT2D eigenvalue weighted by Crippen LogP contribution is 2.54. The van der Waals surface area contributed by atoms with Crippen molar-refractivity contribution >= 4 is 133 Å². The minimum absolute atomic E-state index is 1.05. The van der Waals surface area contributed by atoms with Crippen molar-refractivity contribution in [2.45, 2.75) is 13.8 Å². The number of benzene rings is 15. The molecule has 0 N–H and O–H groups in total. The van der Waals surface area contributed by atoms with Crippen LogP contribution in [0.3, 0.4) is 0 Å². The fraction of sp³-hybridized carbons (Fsp3) is 0.0250. The van der Waals surface area contributed by atoms with Crippen LogP contribution in [-0.2, 0) is 0 Å². The molecule has 0 bridgehead atoms. The smallest absolute Gasteiger partial charge is 0.0620 e. The van der Waals surface area contributed by atoms with E-state index >= 15 is 0 Å². The standard InChI is InChI=1S/C80H58N4/c1-55-23-3-17-41-73(55)81(75-43-19-29-57-25-5-9-33-65(57)75)61-47-51-63(52-48-61)83(77-45-21-31-59-27-7-11-35-67(59)77)79-69-37-13-15-39-71(69)80(72-40-16-14-38-70(72)79)84(78-46-22-32-60-28-8-12-36-68(60)78)64-53-49-62(50-54-64)82(74-42-18-4-24-56(74)2)76-44-20-30-58-26-6-10-34-66(58)76/h3-54H,1-2H3. The van der Waals surface area contributed by atoms with E-state index in [2.05, 4.69) is 349 Å². The summed E-state index contributed by atoms with van der Waals surface area (Å²) in [5, 5.41) is 14.0. The third kappa shape index (κ3) is 8.63. The first-order valence-electron chi connectivity index (χ1n) is 28.9. The maximum atomic E-state index is 2.51. The zero-order chi connectivity index (χ0) is 56.1. The van der Waals surface area contributed by atoms with Gasteiger partial charge >= 0.3 is 0 Å². The molecular weight excluding hydrogens is 1020 g/mol. The predicted molar refractivity (Wildman–Crippen MR) is 360 cm³/mol. The molecule has 398 valence electrons. The van der Waals surface area contributed by atoms with Crippen LogP contribution in [0.15, 0.2) is 315 Å². The van der Waals surface area contributed by atoms with Crippen molar-refractivity contribution in [3.05, 3.63) is 327 Å². The zero-order valence-corrected chi connectivity index (χ0v) is 46.8. The quantitative estimate of drug-likeness (QED) is 0.0893. The molecule has 0 saturated heterocycles. The van der Waals surface area contributed by atoms with Crippen molar-refractivity contribution in [2.75, 3.05) is 19.6 Å². The van der Waals surface area contributed by atoms with Crippen LogP contribution in [0.1, 0.15) is 11.1 Å². The van der Waals surface area contributed by atoms with Gasteiger partial charge in [0, 0.05) is 77.2 Å². The minimum Gasteiger partial charge on any atom is -0.310 e. The number of hydrogen-bond donors (Lipinski definition) is 0. The van der Waals surface area contributed by atoms with Gasteiger partial charge in [0.25, 0.3) is 0 Å². The predicted octanol–water partition coefficient (Wildman–Crippen LogP) is 23.1. The normalized spacial score (nSPS) is 11.5. The molecule has 4 nitrogen and oxygen atoms in total. The Kier molecular flexibility index (Phi) is 12.6. The third-order valence-corrected chi connectivity index (χ3v) is 16.8. The van der Waals surface area contributed by atoms with Gasteiger partial charge in [0.05, 0.1) is 34.1 Å². The van der Waals surface area contributed by atoms with Gasteiger partial charge in [0.1, 0.15) is 0 Å². The Balaban J connectivity index is 0.959. The van der Waals surface area contributed by atoms with Crippen molar-refractivity contribution in [1.82, 2.24) is 0 Å². The Hall–Kier alpha value is -10.9. The van der Waals surface area contributed by atoms with E-state index in [0.717, 1.165) is 89.8 Å². The Labute approximate surface area is 490 Å². The molecule has 4 heteroatoms. The number of hydrogen-bond acceptors (Lipinski definition) is 4. The van der Waals surface area contributed by atoms with Gasteiger partial charge in [-0.25, -0.2) is 0 Å². The van der Waals surface area contributed by atoms with Gasteiger partial charge in [-0.05, 0) is 131 Å². The van der Waals surface area contributed by atoms with E-state index in [-0.39, 0.29) is 0 Å². The molecule has 84 heavy (non-hydrogen) atoms. The summed E-state index contributed by atoms with van der Waals surface area (Å²) >= 11 is 0.